The third-order valence-electron chi connectivity index (χ3n) is 2.27. The Balaban J connectivity index is 4.41. The van der Waals surface area contributed by atoms with Crippen LogP contribution in [0.25, 0.3) is 0 Å². The van der Waals surface area contributed by atoms with Gasteiger partial charge in [0.25, 0.3) is 0 Å². The zero-order valence-electron chi connectivity index (χ0n) is 8.99. The lowest BCUT2D eigenvalue weighted by Gasteiger charge is -2.24. The van der Waals surface area contributed by atoms with Gasteiger partial charge >= 0.3 is 5.97 Å². The Bertz CT molecular complexity index is 240. The molecule has 0 saturated heterocycles. The van der Waals surface area contributed by atoms with E-state index in [2.05, 4.69) is 5.32 Å². The van der Waals surface area contributed by atoms with Gasteiger partial charge in [0.2, 0.25) is 5.91 Å². The number of carboxylic acids is 1. The predicted molar refractivity (Wildman–Crippen MR) is 54.2 cm³/mol. The van der Waals surface area contributed by atoms with Crippen molar-refractivity contribution in [1.82, 2.24) is 5.32 Å². The summed E-state index contributed by atoms with van der Waals surface area (Å²) in [6.07, 6.45) is 0.380. The third kappa shape index (κ3) is 4.26. The van der Waals surface area contributed by atoms with Crippen molar-refractivity contribution in [3.63, 3.8) is 0 Å². The molecule has 0 aromatic rings. The van der Waals surface area contributed by atoms with Crippen LogP contribution in [0.5, 0.6) is 0 Å². The van der Waals surface area contributed by atoms with Crippen molar-refractivity contribution in [3.05, 3.63) is 0 Å². The third-order valence-corrected chi connectivity index (χ3v) is 2.27. The molecular weight excluding hydrogens is 200 g/mol. The Morgan fingerprint density at radius 1 is 1.53 bits per heavy atom. The number of aliphatic hydroxyl groups is 1. The van der Waals surface area contributed by atoms with Crippen LogP contribution >= 0.6 is 0 Å². The lowest BCUT2D eigenvalue weighted by atomic mass is 9.99. The van der Waals surface area contributed by atoms with E-state index < -0.39 is 23.5 Å². The fraction of sp³-hybridized carbons (Fsp3) is 0.778. The molecule has 88 valence electrons. The number of aliphatic carboxylic acids is 1. The first-order chi connectivity index (χ1) is 6.85. The first kappa shape index (κ1) is 13.9. The SMILES string of the molecule is CCC(C)(N)C(=O)N[C@@H](CCO)C(=O)O. The Kier molecular flexibility index (Phi) is 5.24. The molecular formula is C9H18N2O4. The van der Waals surface area contributed by atoms with Gasteiger partial charge in [0.05, 0.1) is 5.54 Å². The number of carbonyl (C=O) groups excluding carboxylic acids is 1. The summed E-state index contributed by atoms with van der Waals surface area (Å²) >= 11 is 0. The van der Waals surface area contributed by atoms with E-state index >= 15 is 0 Å². The Labute approximate surface area is 88.5 Å². The van der Waals surface area contributed by atoms with Crippen molar-refractivity contribution in [3.8, 4) is 0 Å². The summed E-state index contributed by atoms with van der Waals surface area (Å²) in [7, 11) is 0. The van der Waals surface area contributed by atoms with Gasteiger partial charge in [0.1, 0.15) is 6.04 Å². The minimum absolute atomic E-state index is 0.0269. The minimum Gasteiger partial charge on any atom is -0.480 e. The van der Waals surface area contributed by atoms with Crippen LogP contribution in [0.3, 0.4) is 0 Å². The number of hydrogen-bond donors (Lipinski definition) is 4. The molecule has 0 rings (SSSR count). The minimum atomic E-state index is -1.18. The molecule has 15 heavy (non-hydrogen) atoms. The van der Waals surface area contributed by atoms with Crippen LogP contribution in [0.1, 0.15) is 26.7 Å². The molecule has 6 nitrogen and oxygen atoms in total. The molecule has 0 heterocycles. The molecule has 2 atom stereocenters. The van der Waals surface area contributed by atoms with E-state index in [0.29, 0.717) is 6.42 Å². The molecule has 0 aromatic carbocycles. The highest BCUT2D eigenvalue weighted by molar-refractivity contribution is 5.89. The maximum atomic E-state index is 11.5. The molecule has 0 bridgehead atoms. The standard InChI is InChI=1S/C9H18N2O4/c1-3-9(2,10)8(15)11-6(4-5-12)7(13)14/h6,12H,3-5,10H2,1-2H3,(H,11,15)(H,13,14)/t6-,9?/m0/s1. The molecule has 0 aliphatic carbocycles. The molecule has 1 amide bonds. The lowest BCUT2D eigenvalue weighted by Crippen LogP contribution is -2.55. The van der Waals surface area contributed by atoms with E-state index in [4.69, 9.17) is 15.9 Å². The normalized spacial score (nSPS) is 16.5. The number of amides is 1. The fourth-order valence-corrected chi connectivity index (χ4v) is 0.870. The van der Waals surface area contributed by atoms with E-state index in [1.165, 1.54) is 6.92 Å². The molecule has 6 heteroatoms. The van der Waals surface area contributed by atoms with Gasteiger partial charge in [-0.1, -0.05) is 6.92 Å². The van der Waals surface area contributed by atoms with Gasteiger partial charge in [-0.3, -0.25) is 4.79 Å². The van der Waals surface area contributed by atoms with Crippen LogP contribution in [-0.2, 0) is 9.59 Å². The van der Waals surface area contributed by atoms with Crippen molar-refractivity contribution >= 4 is 11.9 Å². The molecule has 5 N–H and O–H groups in total. The first-order valence-electron chi connectivity index (χ1n) is 4.78. The van der Waals surface area contributed by atoms with Crippen molar-refractivity contribution in [2.75, 3.05) is 6.61 Å². The number of carbonyl (C=O) groups is 2. The predicted octanol–water partition coefficient (Wildman–Crippen LogP) is -0.934. The Hall–Kier alpha value is -1.14. The number of rotatable bonds is 6. The molecule has 0 saturated carbocycles. The van der Waals surface area contributed by atoms with Crippen molar-refractivity contribution in [1.29, 1.82) is 0 Å². The van der Waals surface area contributed by atoms with E-state index in [1.54, 1.807) is 6.92 Å². The van der Waals surface area contributed by atoms with Gasteiger partial charge in [-0.2, -0.15) is 0 Å². The Morgan fingerprint density at radius 2 is 2.07 bits per heavy atom. The van der Waals surface area contributed by atoms with Crippen molar-refractivity contribution < 1.29 is 19.8 Å². The lowest BCUT2D eigenvalue weighted by molar-refractivity contribution is -0.143. The summed E-state index contributed by atoms with van der Waals surface area (Å²) in [6.45, 7) is 2.96. The van der Waals surface area contributed by atoms with Crippen LogP contribution in [0, 0.1) is 0 Å². The van der Waals surface area contributed by atoms with Crippen molar-refractivity contribution in [2.24, 2.45) is 5.73 Å². The second kappa shape index (κ2) is 5.67. The van der Waals surface area contributed by atoms with Crippen LogP contribution in [0.15, 0.2) is 0 Å². The molecule has 0 spiro atoms. The number of carboxylic acid groups (broad SMARTS) is 1. The number of aliphatic hydroxyl groups excluding tert-OH is 1. The summed E-state index contributed by atoms with van der Waals surface area (Å²) < 4.78 is 0. The summed E-state index contributed by atoms with van der Waals surface area (Å²) in [5.74, 6) is -1.70. The second-order valence-electron chi connectivity index (χ2n) is 3.65. The van der Waals surface area contributed by atoms with E-state index in [-0.39, 0.29) is 13.0 Å². The molecule has 0 aliphatic heterocycles. The summed E-state index contributed by atoms with van der Waals surface area (Å²) in [5, 5.41) is 19.6. The van der Waals surface area contributed by atoms with Gasteiger partial charge in [0.15, 0.2) is 0 Å². The van der Waals surface area contributed by atoms with E-state index in [1.807, 2.05) is 0 Å². The topological polar surface area (TPSA) is 113 Å². The largest absolute Gasteiger partial charge is 0.480 e. The van der Waals surface area contributed by atoms with Gasteiger partial charge in [-0.05, 0) is 13.3 Å². The molecule has 0 aliphatic rings. The highest BCUT2D eigenvalue weighted by Crippen LogP contribution is 2.05. The Morgan fingerprint density at radius 3 is 2.40 bits per heavy atom. The van der Waals surface area contributed by atoms with Gasteiger partial charge < -0.3 is 21.3 Å². The van der Waals surface area contributed by atoms with Gasteiger partial charge in [-0.25, -0.2) is 4.79 Å². The number of nitrogens with one attached hydrogen (secondary N) is 1. The maximum Gasteiger partial charge on any atom is 0.326 e. The smallest absolute Gasteiger partial charge is 0.326 e. The first-order valence-corrected chi connectivity index (χ1v) is 4.78. The zero-order valence-corrected chi connectivity index (χ0v) is 8.99. The number of nitrogens with two attached hydrogens (primary N) is 1. The van der Waals surface area contributed by atoms with Crippen LogP contribution in [0.2, 0.25) is 0 Å². The highest BCUT2D eigenvalue weighted by Gasteiger charge is 2.29. The fourth-order valence-electron chi connectivity index (χ4n) is 0.870. The number of hydrogen-bond acceptors (Lipinski definition) is 4. The monoisotopic (exact) mass is 218 g/mol. The maximum absolute atomic E-state index is 11.5. The molecule has 1 unspecified atom stereocenters. The van der Waals surface area contributed by atoms with Crippen LogP contribution in [0.4, 0.5) is 0 Å². The average Bonchev–Trinajstić information content (AvgIpc) is 2.16. The van der Waals surface area contributed by atoms with Crippen molar-refractivity contribution in [2.45, 2.75) is 38.3 Å². The second-order valence-corrected chi connectivity index (χ2v) is 3.65. The van der Waals surface area contributed by atoms with Crippen LogP contribution < -0.4 is 11.1 Å². The quantitative estimate of drug-likeness (QED) is 0.460. The van der Waals surface area contributed by atoms with Gasteiger partial charge in [-0.15, -0.1) is 0 Å². The van der Waals surface area contributed by atoms with E-state index in [0.717, 1.165) is 0 Å². The summed E-state index contributed by atoms with van der Waals surface area (Å²) in [5.41, 5.74) is 4.56. The average molecular weight is 218 g/mol. The highest BCUT2D eigenvalue weighted by atomic mass is 16.4. The molecule has 0 fully saturated rings. The molecule has 0 radical (unpaired) electrons. The van der Waals surface area contributed by atoms with E-state index in [9.17, 15) is 9.59 Å². The van der Waals surface area contributed by atoms with Gasteiger partial charge in [0, 0.05) is 13.0 Å². The molecule has 0 aromatic heterocycles. The zero-order chi connectivity index (χ0) is 12.1. The summed E-state index contributed by atoms with van der Waals surface area (Å²) in [4.78, 5) is 22.2. The van der Waals surface area contributed by atoms with Crippen LogP contribution in [-0.4, -0.2) is 40.3 Å². The summed E-state index contributed by atoms with van der Waals surface area (Å²) in [6, 6.07) is -1.09.